The van der Waals surface area contributed by atoms with Gasteiger partial charge >= 0.3 is 0 Å². The summed E-state index contributed by atoms with van der Waals surface area (Å²) in [6.45, 7) is 0.268. The van der Waals surface area contributed by atoms with Crippen LogP contribution in [0.25, 0.3) is 0 Å². The number of aliphatic hydroxyl groups excluding tert-OH is 1. The molecule has 1 atom stereocenters. The lowest BCUT2D eigenvalue weighted by molar-refractivity contribution is 0.288. The van der Waals surface area contributed by atoms with Gasteiger partial charge in [-0.2, -0.15) is 16.9 Å². The highest BCUT2D eigenvalue weighted by Crippen LogP contribution is 2.26. The molecule has 4 heteroatoms. The van der Waals surface area contributed by atoms with Crippen molar-refractivity contribution in [2.75, 3.05) is 18.1 Å². The monoisotopic (exact) mass is 226 g/mol. The van der Waals surface area contributed by atoms with Crippen molar-refractivity contribution in [1.29, 1.82) is 0 Å². The molecule has 1 aromatic rings. The minimum absolute atomic E-state index is 0.268. The van der Waals surface area contributed by atoms with Crippen molar-refractivity contribution < 1.29 is 5.11 Å². The molecule has 1 aromatic heterocycles. The predicted molar refractivity (Wildman–Crippen MR) is 63.2 cm³/mol. The maximum Gasteiger partial charge on any atom is 0.0609 e. The highest BCUT2D eigenvalue weighted by Gasteiger charge is 2.16. The summed E-state index contributed by atoms with van der Waals surface area (Å²) < 4.78 is 2.11. The first-order chi connectivity index (χ1) is 7.40. The van der Waals surface area contributed by atoms with E-state index in [0.717, 1.165) is 12.8 Å². The van der Waals surface area contributed by atoms with Crippen LogP contribution in [0, 0.1) is 0 Å². The first kappa shape index (κ1) is 11.0. The summed E-state index contributed by atoms with van der Waals surface area (Å²) in [6.07, 6.45) is 8.43. The van der Waals surface area contributed by atoms with Gasteiger partial charge in [0.2, 0.25) is 0 Å². The van der Waals surface area contributed by atoms with Crippen LogP contribution < -0.4 is 0 Å². The molecule has 0 aliphatic carbocycles. The second-order valence-electron chi connectivity index (χ2n) is 4.03. The van der Waals surface area contributed by atoms with Crippen LogP contribution in [0.4, 0.5) is 0 Å². The van der Waals surface area contributed by atoms with Crippen LogP contribution in [0.5, 0.6) is 0 Å². The van der Waals surface area contributed by atoms with Crippen LogP contribution in [0.2, 0.25) is 0 Å². The minimum Gasteiger partial charge on any atom is -0.396 e. The maximum absolute atomic E-state index is 8.75. The Kier molecular flexibility index (Phi) is 4.09. The summed E-state index contributed by atoms with van der Waals surface area (Å²) in [5.41, 5.74) is 1.25. The standard InChI is InChI=1S/C11H18N2OS/c14-5-1-3-10-7-12-13(8-10)11-4-2-6-15-9-11/h7-8,11,14H,1-6,9H2. The summed E-state index contributed by atoms with van der Waals surface area (Å²) >= 11 is 2.02. The van der Waals surface area contributed by atoms with Gasteiger partial charge in [-0.05, 0) is 37.0 Å². The highest BCUT2D eigenvalue weighted by atomic mass is 32.2. The molecule has 0 saturated carbocycles. The fraction of sp³-hybridized carbons (Fsp3) is 0.727. The van der Waals surface area contributed by atoms with Crippen LogP contribution in [0.3, 0.4) is 0 Å². The first-order valence-electron chi connectivity index (χ1n) is 5.62. The number of aryl methyl sites for hydroxylation is 1. The summed E-state index contributed by atoms with van der Waals surface area (Å²) in [6, 6.07) is 0.589. The van der Waals surface area contributed by atoms with Gasteiger partial charge in [-0.1, -0.05) is 0 Å². The lowest BCUT2D eigenvalue weighted by atomic mass is 10.2. The molecule has 1 N–H and O–H groups in total. The number of hydrogen-bond donors (Lipinski definition) is 1. The van der Waals surface area contributed by atoms with Crippen molar-refractivity contribution in [3.05, 3.63) is 18.0 Å². The van der Waals surface area contributed by atoms with Crippen molar-refractivity contribution in [1.82, 2.24) is 9.78 Å². The normalized spacial score (nSPS) is 21.8. The van der Waals surface area contributed by atoms with E-state index in [-0.39, 0.29) is 6.61 Å². The van der Waals surface area contributed by atoms with Gasteiger partial charge in [-0.15, -0.1) is 0 Å². The number of aliphatic hydroxyl groups is 1. The molecule has 1 aliphatic rings. The molecule has 84 valence electrons. The molecule has 2 heterocycles. The van der Waals surface area contributed by atoms with Crippen LogP contribution in [-0.4, -0.2) is 33.0 Å². The predicted octanol–water partition coefficient (Wildman–Crippen LogP) is 1.88. The van der Waals surface area contributed by atoms with E-state index in [1.807, 2.05) is 18.0 Å². The van der Waals surface area contributed by atoms with Crippen molar-refractivity contribution in [3.63, 3.8) is 0 Å². The summed E-state index contributed by atoms with van der Waals surface area (Å²) in [5, 5.41) is 13.2. The molecular formula is C11H18N2OS. The first-order valence-corrected chi connectivity index (χ1v) is 6.77. The number of nitrogens with zero attached hydrogens (tertiary/aromatic N) is 2. The van der Waals surface area contributed by atoms with E-state index in [4.69, 9.17) is 5.11 Å². The second kappa shape index (κ2) is 5.56. The van der Waals surface area contributed by atoms with Crippen molar-refractivity contribution in [2.45, 2.75) is 31.7 Å². The molecule has 3 nitrogen and oxygen atoms in total. The lowest BCUT2D eigenvalue weighted by Gasteiger charge is -2.21. The molecule has 0 bridgehead atoms. The quantitative estimate of drug-likeness (QED) is 0.852. The minimum atomic E-state index is 0.268. The zero-order valence-corrected chi connectivity index (χ0v) is 9.75. The van der Waals surface area contributed by atoms with Gasteiger partial charge in [0.1, 0.15) is 0 Å². The van der Waals surface area contributed by atoms with E-state index in [1.54, 1.807) is 0 Å². The van der Waals surface area contributed by atoms with Gasteiger partial charge in [0, 0.05) is 18.6 Å². The molecular weight excluding hydrogens is 208 g/mol. The number of thioether (sulfide) groups is 1. The Morgan fingerprint density at radius 3 is 3.27 bits per heavy atom. The molecule has 1 aliphatic heterocycles. The third kappa shape index (κ3) is 2.98. The van der Waals surface area contributed by atoms with Gasteiger partial charge in [0.05, 0.1) is 12.2 Å². The molecule has 1 saturated heterocycles. The third-order valence-electron chi connectivity index (χ3n) is 2.79. The Labute approximate surface area is 94.9 Å². The summed E-state index contributed by atoms with van der Waals surface area (Å²) in [5.74, 6) is 2.50. The molecule has 1 unspecified atom stereocenters. The van der Waals surface area contributed by atoms with E-state index >= 15 is 0 Å². The van der Waals surface area contributed by atoms with Gasteiger partial charge in [-0.3, -0.25) is 4.68 Å². The molecule has 15 heavy (non-hydrogen) atoms. The topological polar surface area (TPSA) is 38.1 Å². The van der Waals surface area contributed by atoms with E-state index in [9.17, 15) is 0 Å². The SMILES string of the molecule is OCCCc1cnn(C2CCCSC2)c1. The summed E-state index contributed by atoms with van der Waals surface area (Å²) in [7, 11) is 0. The Morgan fingerprint density at radius 2 is 2.53 bits per heavy atom. The van der Waals surface area contributed by atoms with Gasteiger partial charge < -0.3 is 5.11 Å². The highest BCUT2D eigenvalue weighted by molar-refractivity contribution is 7.99. The molecule has 1 fully saturated rings. The van der Waals surface area contributed by atoms with E-state index in [1.165, 1.54) is 29.9 Å². The molecule has 0 spiro atoms. The Morgan fingerprint density at radius 1 is 1.60 bits per heavy atom. The average Bonchev–Trinajstić information content (AvgIpc) is 2.76. The zero-order chi connectivity index (χ0) is 10.5. The van der Waals surface area contributed by atoms with Gasteiger partial charge in [0.25, 0.3) is 0 Å². The Hall–Kier alpha value is -0.480. The van der Waals surface area contributed by atoms with E-state index in [2.05, 4.69) is 16.0 Å². The fourth-order valence-electron chi connectivity index (χ4n) is 1.92. The fourth-order valence-corrected chi connectivity index (χ4v) is 3.05. The lowest BCUT2D eigenvalue weighted by Crippen LogP contribution is -2.16. The molecule has 2 rings (SSSR count). The van der Waals surface area contributed by atoms with E-state index < -0.39 is 0 Å². The van der Waals surface area contributed by atoms with Crippen LogP contribution >= 0.6 is 11.8 Å². The maximum atomic E-state index is 8.75. The molecule has 0 aromatic carbocycles. The Balaban J connectivity index is 1.93. The van der Waals surface area contributed by atoms with Crippen molar-refractivity contribution in [3.8, 4) is 0 Å². The summed E-state index contributed by atoms with van der Waals surface area (Å²) in [4.78, 5) is 0. The van der Waals surface area contributed by atoms with Crippen molar-refractivity contribution >= 4 is 11.8 Å². The third-order valence-corrected chi connectivity index (χ3v) is 3.99. The second-order valence-corrected chi connectivity index (χ2v) is 5.18. The number of rotatable bonds is 4. The van der Waals surface area contributed by atoms with Crippen LogP contribution in [0.15, 0.2) is 12.4 Å². The average molecular weight is 226 g/mol. The van der Waals surface area contributed by atoms with Crippen molar-refractivity contribution in [2.24, 2.45) is 0 Å². The van der Waals surface area contributed by atoms with Crippen LogP contribution in [-0.2, 0) is 6.42 Å². The van der Waals surface area contributed by atoms with Gasteiger partial charge in [-0.25, -0.2) is 0 Å². The van der Waals surface area contributed by atoms with Gasteiger partial charge in [0.15, 0.2) is 0 Å². The molecule has 0 amide bonds. The number of aromatic nitrogens is 2. The largest absolute Gasteiger partial charge is 0.396 e. The van der Waals surface area contributed by atoms with E-state index in [0.29, 0.717) is 6.04 Å². The zero-order valence-electron chi connectivity index (χ0n) is 8.93. The number of hydrogen-bond acceptors (Lipinski definition) is 3. The Bertz CT molecular complexity index is 295. The molecule has 0 radical (unpaired) electrons. The van der Waals surface area contributed by atoms with Crippen LogP contribution in [0.1, 0.15) is 30.9 Å². The smallest absolute Gasteiger partial charge is 0.0609 e.